The molecule has 1 fully saturated rings. The molecule has 1 heterocycles. The summed E-state index contributed by atoms with van der Waals surface area (Å²) in [5.41, 5.74) is 0.515. The van der Waals surface area contributed by atoms with Crippen LogP contribution in [0.4, 0.5) is 5.69 Å². The average molecular weight is 269 g/mol. The van der Waals surface area contributed by atoms with Crippen LogP contribution in [0.3, 0.4) is 0 Å². The number of amides is 2. The van der Waals surface area contributed by atoms with E-state index < -0.39 is 17.8 Å². The summed E-state index contributed by atoms with van der Waals surface area (Å²) in [7, 11) is 0. The molecule has 0 saturated carbocycles. The van der Waals surface area contributed by atoms with E-state index in [2.05, 4.69) is 5.32 Å². The summed E-state index contributed by atoms with van der Waals surface area (Å²) >= 11 is 5.82. The number of carbonyl (C=O) groups excluding carboxylic acids is 2. The quantitative estimate of drug-likeness (QED) is 0.763. The second kappa shape index (κ2) is 4.66. The molecule has 1 aliphatic heterocycles. The number of rotatable bonds is 2. The molecule has 7 heteroatoms. The van der Waals surface area contributed by atoms with Crippen LogP contribution in [0.1, 0.15) is 10.4 Å². The van der Waals surface area contributed by atoms with Gasteiger partial charge >= 0.3 is 5.97 Å². The standard InChI is InChI=1S/C11H9ClN2O4/c12-8-3-6(1-2-7(8)11(17)18)14-4-9(15)13-10(16)5-14/h1-3H,4-5H2,(H,17,18)(H,13,15,16). The molecule has 0 atom stereocenters. The predicted molar refractivity (Wildman–Crippen MR) is 63.8 cm³/mol. The van der Waals surface area contributed by atoms with Crippen molar-refractivity contribution < 1.29 is 19.5 Å². The molecule has 0 bridgehead atoms. The van der Waals surface area contributed by atoms with Gasteiger partial charge in [-0.25, -0.2) is 4.79 Å². The van der Waals surface area contributed by atoms with Crippen molar-refractivity contribution in [1.82, 2.24) is 5.32 Å². The minimum Gasteiger partial charge on any atom is -0.478 e. The predicted octanol–water partition coefficient (Wildman–Crippen LogP) is 0.501. The van der Waals surface area contributed by atoms with Gasteiger partial charge < -0.3 is 10.0 Å². The molecule has 0 spiro atoms. The van der Waals surface area contributed by atoms with Crippen LogP contribution in [0, 0.1) is 0 Å². The van der Waals surface area contributed by atoms with Crippen LogP contribution in [0.15, 0.2) is 18.2 Å². The summed E-state index contributed by atoms with van der Waals surface area (Å²) < 4.78 is 0. The number of halogens is 1. The van der Waals surface area contributed by atoms with E-state index in [9.17, 15) is 14.4 Å². The first-order valence-electron chi connectivity index (χ1n) is 5.08. The average Bonchev–Trinajstić information content (AvgIpc) is 2.26. The lowest BCUT2D eigenvalue weighted by atomic mass is 10.2. The third-order valence-electron chi connectivity index (χ3n) is 2.50. The molecule has 0 aromatic heterocycles. The van der Waals surface area contributed by atoms with Crippen molar-refractivity contribution in [2.45, 2.75) is 0 Å². The van der Waals surface area contributed by atoms with Gasteiger partial charge in [0, 0.05) is 5.69 Å². The SMILES string of the molecule is O=C1CN(c2ccc(C(=O)O)c(Cl)c2)CC(=O)N1. The van der Waals surface area contributed by atoms with Crippen molar-refractivity contribution in [2.24, 2.45) is 0 Å². The largest absolute Gasteiger partial charge is 0.478 e. The minimum absolute atomic E-state index is 0.0202. The normalized spacial score (nSPS) is 15.5. The number of imide groups is 1. The van der Waals surface area contributed by atoms with Gasteiger partial charge in [0.1, 0.15) is 0 Å². The number of hydrogen-bond donors (Lipinski definition) is 2. The fraction of sp³-hybridized carbons (Fsp3) is 0.182. The highest BCUT2D eigenvalue weighted by Gasteiger charge is 2.23. The molecule has 1 aromatic rings. The Labute approximate surface area is 107 Å². The van der Waals surface area contributed by atoms with E-state index in [0.717, 1.165) is 0 Å². The molecule has 2 amide bonds. The number of carboxylic acid groups (broad SMARTS) is 1. The second-order valence-electron chi connectivity index (χ2n) is 3.80. The van der Waals surface area contributed by atoms with E-state index in [1.165, 1.54) is 23.1 Å². The zero-order valence-corrected chi connectivity index (χ0v) is 9.90. The van der Waals surface area contributed by atoms with Gasteiger partial charge in [-0.3, -0.25) is 14.9 Å². The van der Waals surface area contributed by atoms with Crippen LogP contribution in [0.5, 0.6) is 0 Å². The number of benzene rings is 1. The third kappa shape index (κ3) is 2.43. The van der Waals surface area contributed by atoms with Gasteiger partial charge in [0.15, 0.2) is 0 Å². The first-order chi connectivity index (χ1) is 8.47. The Morgan fingerprint density at radius 1 is 1.28 bits per heavy atom. The molecule has 1 saturated heterocycles. The Morgan fingerprint density at radius 3 is 2.39 bits per heavy atom. The highest BCUT2D eigenvalue weighted by atomic mass is 35.5. The minimum atomic E-state index is -1.13. The molecule has 18 heavy (non-hydrogen) atoms. The molecule has 0 unspecified atom stereocenters. The summed E-state index contributed by atoms with van der Waals surface area (Å²) in [5.74, 6) is -1.92. The third-order valence-corrected chi connectivity index (χ3v) is 2.81. The topological polar surface area (TPSA) is 86.7 Å². The molecular formula is C11H9ClN2O4. The van der Waals surface area contributed by atoms with E-state index >= 15 is 0 Å². The molecule has 0 aliphatic carbocycles. The Kier molecular flexibility index (Phi) is 3.20. The van der Waals surface area contributed by atoms with E-state index in [-0.39, 0.29) is 23.7 Å². The number of nitrogens with zero attached hydrogens (tertiary/aromatic N) is 1. The Morgan fingerprint density at radius 2 is 1.89 bits per heavy atom. The van der Waals surface area contributed by atoms with Crippen molar-refractivity contribution in [3.05, 3.63) is 28.8 Å². The molecule has 94 valence electrons. The van der Waals surface area contributed by atoms with Crippen LogP contribution in [-0.2, 0) is 9.59 Å². The van der Waals surface area contributed by atoms with Crippen molar-refractivity contribution >= 4 is 35.1 Å². The molecule has 2 rings (SSSR count). The maximum absolute atomic E-state index is 11.2. The lowest BCUT2D eigenvalue weighted by Gasteiger charge is -2.27. The van der Waals surface area contributed by atoms with Crippen molar-refractivity contribution in [2.75, 3.05) is 18.0 Å². The smallest absolute Gasteiger partial charge is 0.337 e. The summed E-state index contributed by atoms with van der Waals surface area (Å²) in [4.78, 5) is 34.8. The van der Waals surface area contributed by atoms with Crippen LogP contribution >= 0.6 is 11.6 Å². The van der Waals surface area contributed by atoms with E-state index in [1.807, 2.05) is 0 Å². The Balaban J connectivity index is 2.29. The monoisotopic (exact) mass is 268 g/mol. The van der Waals surface area contributed by atoms with Crippen LogP contribution in [0.2, 0.25) is 5.02 Å². The van der Waals surface area contributed by atoms with Gasteiger partial charge in [-0.15, -0.1) is 0 Å². The zero-order valence-electron chi connectivity index (χ0n) is 9.14. The summed E-state index contributed by atoms with van der Waals surface area (Å²) in [6.45, 7) is 0.0724. The van der Waals surface area contributed by atoms with Crippen LogP contribution in [-0.4, -0.2) is 36.0 Å². The molecule has 2 N–H and O–H groups in total. The highest BCUT2D eigenvalue weighted by Crippen LogP contribution is 2.24. The van der Waals surface area contributed by atoms with Gasteiger partial charge in [-0.1, -0.05) is 11.6 Å². The van der Waals surface area contributed by atoms with Crippen LogP contribution < -0.4 is 10.2 Å². The second-order valence-corrected chi connectivity index (χ2v) is 4.20. The molecule has 1 aromatic carbocycles. The van der Waals surface area contributed by atoms with E-state index in [0.29, 0.717) is 5.69 Å². The maximum Gasteiger partial charge on any atom is 0.337 e. The number of carboxylic acids is 1. The Bertz CT molecular complexity index is 528. The van der Waals surface area contributed by atoms with Gasteiger partial charge in [0.05, 0.1) is 23.7 Å². The molecule has 1 aliphatic rings. The van der Waals surface area contributed by atoms with Crippen molar-refractivity contribution in [3.63, 3.8) is 0 Å². The lowest BCUT2D eigenvalue weighted by Crippen LogP contribution is -2.51. The van der Waals surface area contributed by atoms with Gasteiger partial charge in [0.2, 0.25) is 11.8 Å². The fourth-order valence-corrected chi connectivity index (χ4v) is 1.95. The number of carbonyl (C=O) groups is 3. The van der Waals surface area contributed by atoms with Crippen molar-refractivity contribution in [1.29, 1.82) is 0 Å². The molecule has 0 radical (unpaired) electrons. The summed E-state index contributed by atoms with van der Waals surface area (Å²) in [6.07, 6.45) is 0. The van der Waals surface area contributed by atoms with Gasteiger partial charge in [-0.05, 0) is 18.2 Å². The number of piperazine rings is 1. The summed E-state index contributed by atoms with van der Waals surface area (Å²) in [6, 6.07) is 4.29. The van der Waals surface area contributed by atoms with Gasteiger partial charge in [-0.2, -0.15) is 0 Å². The summed E-state index contributed by atoms with van der Waals surface area (Å²) in [5, 5.41) is 11.1. The highest BCUT2D eigenvalue weighted by molar-refractivity contribution is 6.33. The van der Waals surface area contributed by atoms with Gasteiger partial charge in [0.25, 0.3) is 0 Å². The lowest BCUT2D eigenvalue weighted by molar-refractivity contribution is -0.130. The number of hydrogen-bond acceptors (Lipinski definition) is 4. The van der Waals surface area contributed by atoms with Crippen LogP contribution in [0.25, 0.3) is 0 Å². The van der Waals surface area contributed by atoms with E-state index in [4.69, 9.17) is 16.7 Å². The molecular weight excluding hydrogens is 260 g/mol. The number of aromatic carboxylic acids is 1. The number of nitrogens with one attached hydrogen (secondary N) is 1. The molecule has 6 nitrogen and oxygen atoms in total. The fourth-order valence-electron chi connectivity index (χ4n) is 1.69. The Hall–Kier alpha value is -2.08. The first-order valence-corrected chi connectivity index (χ1v) is 5.45. The number of anilines is 1. The first kappa shape index (κ1) is 12.4. The maximum atomic E-state index is 11.2. The van der Waals surface area contributed by atoms with Crippen molar-refractivity contribution in [3.8, 4) is 0 Å². The zero-order chi connectivity index (χ0) is 13.3. The van der Waals surface area contributed by atoms with E-state index in [1.54, 1.807) is 0 Å².